The molecule has 0 aliphatic heterocycles. The topological polar surface area (TPSA) is 130 Å². The molecule has 0 saturated carbocycles. The molecule has 0 aliphatic carbocycles. The first-order chi connectivity index (χ1) is 12.0. The number of nitrogens with one attached hydrogen (secondary N) is 2. The Morgan fingerprint density at radius 2 is 1.88 bits per heavy atom. The Morgan fingerprint density at radius 3 is 2.38 bits per heavy atom. The summed E-state index contributed by atoms with van der Waals surface area (Å²) in [6, 6.07) is 5.75. The fourth-order valence-electron chi connectivity index (χ4n) is 2.09. The number of rotatable bonds is 6. The average molecular weight is 444 g/mol. The molecular weight excluding hydrogens is 422 g/mol. The van der Waals surface area contributed by atoms with Gasteiger partial charge in [0, 0.05) is 11.9 Å². The highest BCUT2D eigenvalue weighted by molar-refractivity contribution is 9.10. The number of anilines is 3. The highest BCUT2D eigenvalue weighted by atomic mass is 79.9. The molecule has 1 unspecified atom stereocenters. The Kier molecular flexibility index (Phi) is 6.22. The first kappa shape index (κ1) is 20.6. The van der Waals surface area contributed by atoms with Gasteiger partial charge in [0.2, 0.25) is 16.0 Å². The van der Waals surface area contributed by atoms with Gasteiger partial charge in [0.1, 0.15) is 5.82 Å². The van der Waals surface area contributed by atoms with E-state index < -0.39 is 10.0 Å². The molecule has 8 nitrogen and oxygen atoms in total. The molecule has 1 heterocycles. The van der Waals surface area contributed by atoms with Gasteiger partial charge >= 0.3 is 0 Å². The van der Waals surface area contributed by atoms with Crippen molar-refractivity contribution in [1.82, 2.24) is 9.97 Å². The molecule has 0 aliphatic rings. The maximum absolute atomic E-state index is 11.3. The molecule has 5 N–H and O–H groups in total. The second-order valence-corrected chi connectivity index (χ2v) is 9.25. The van der Waals surface area contributed by atoms with Gasteiger partial charge in [0.05, 0.1) is 22.0 Å². The molecule has 2 aromatic rings. The smallest absolute Gasteiger partial charge is 0.238 e. The predicted octanol–water partition coefficient (Wildman–Crippen LogP) is 2.45. The van der Waals surface area contributed by atoms with E-state index in [0.717, 1.165) is 0 Å². The van der Waals surface area contributed by atoms with Crippen LogP contribution in [0.15, 0.2) is 39.8 Å². The van der Waals surface area contributed by atoms with Gasteiger partial charge in [-0.25, -0.2) is 18.5 Å². The van der Waals surface area contributed by atoms with Crippen LogP contribution in [0.5, 0.6) is 0 Å². The molecule has 0 radical (unpaired) electrons. The van der Waals surface area contributed by atoms with Crippen molar-refractivity contribution in [2.75, 3.05) is 17.2 Å². The van der Waals surface area contributed by atoms with Gasteiger partial charge in [0.25, 0.3) is 0 Å². The number of nitrogens with two attached hydrogens (primary N) is 1. The van der Waals surface area contributed by atoms with Crippen LogP contribution in [0.4, 0.5) is 17.5 Å². The summed E-state index contributed by atoms with van der Waals surface area (Å²) >= 11 is 3.39. The lowest BCUT2D eigenvalue weighted by Gasteiger charge is -2.30. The number of primary sulfonamides is 1. The maximum atomic E-state index is 11.3. The van der Waals surface area contributed by atoms with Crippen LogP contribution >= 0.6 is 15.9 Å². The SMILES string of the molecule is CC(C)(C)C(CO)Nc1nc(Nc2ccc(S(N)(=O)=O)cc2)ncc1Br. The highest BCUT2D eigenvalue weighted by Gasteiger charge is 2.25. The summed E-state index contributed by atoms with van der Waals surface area (Å²) in [7, 11) is -3.73. The molecule has 0 bridgehead atoms. The van der Waals surface area contributed by atoms with Gasteiger partial charge in [-0.15, -0.1) is 0 Å². The monoisotopic (exact) mass is 443 g/mol. The number of benzene rings is 1. The highest BCUT2D eigenvalue weighted by Crippen LogP contribution is 2.27. The number of halogens is 1. The Labute approximate surface area is 161 Å². The number of sulfonamides is 1. The Bertz CT molecular complexity index is 866. The van der Waals surface area contributed by atoms with Crippen LogP contribution in [0.1, 0.15) is 20.8 Å². The summed E-state index contributed by atoms with van der Waals surface area (Å²) in [6.45, 7) is 6.00. The van der Waals surface area contributed by atoms with E-state index in [0.29, 0.717) is 21.9 Å². The number of aliphatic hydroxyl groups excluding tert-OH is 1. The third-order valence-corrected chi connectivity index (χ3v) is 5.23. The number of hydrogen-bond acceptors (Lipinski definition) is 7. The molecule has 1 aromatic heterocycles. The van der Waals surface area contributed by atoms with Gasteiger partial charge in [-0.1, -0.05) is 20.8 Å². The van der Waals surface area contributed by atoms with E-state index in [1.165, 1.54) is 12.1 Å². The van der Waals surface area contributed by atoms with E-state index in [1.807, 2.05) is 20.8 Å². The molecule has 1 aromatic carbocycles. The van der Waals surface area contributed by atoms with Crippen molar-refractivity contribution >= 4 is 43.4 Å². The van der Waals surface area contributed by atoms with Gasteiger partial charge in [-0.05, 0) is 45.6 Å². The summed E-state index contributed by atoms with van der Waals surface area (Å²) in [5.41, 5.74) is 0.441. The van der Waals surface area contributed by atoms with Crippen molar-refractivity contribution in [3.8, 4) is 0 Å². The van der Waals surface area contributed by atoms with E-state index in [1.54, 1.807) is 18.3 Å². The fraction of sp³-hybridized carbons (Fsp3) is 0.375. The lowest BCUT2D eigenvalue weighted by atomic mass is 9.87. The Morgan fingerprint density at radius 1 is 1.27 bits per heavy atom. The normalized spacial score (nSPS) is 13.3. The number of hydrogen-bond donors (Lipinski definition) is 4. The summed E-state index contributed by atoms with van der Waals surface area (Å²) in [6.07, 6.45) is 1.59. The van der Waals surface area contributed by atoms with Crippen LogP contribution in [0, 0.1) is 5.41 Å². The van der Waals surface area contributed by atoms with Crippen molar-refractivity contribution in [1.29, 1.82) is 0 Å². The van der Waals surface area contributed by atoms with E-state index in [-0.39, 0.29) is 23.0 Å². The second-order valence-electron chi connectivity index (χ2n) is 6.83. The van der Waals surface area contributed by atoms with E-state index in [2.05, 4.69) is 36.5 Å². The fourth-order valence-corrected chi connectivity index (χ4v) is 2.91. The van der Waals surface area contributed by atoms with E-state index >= 15 is 0 Å². The van der Waals surface area contributed by atoms with Crippen LogP contribution in [0.25, 0.3) is 0 Å². The summed E-state index contributed by atoms with van der Waals surface area (Å²) in [5.74, 6) is 0.863. The second kappa shape index (κ2) is 7.87. The lowest BCUT2D eigenvalue weighted by Crippen LogP contribution is -2.37. The van der Waals surface area contributed by atoms with Crippen LogP contribution < -0.4 is 15.8 Å². The number of nitrogens with zero attached hydrogens (tertiary/aromatic N) is 2. The minimum absolute atomic E-state index is 0.0260. The zero-order valence-corrected chi connectivity index (χ0v) is 17.1. The molecule has 0 spiro atoms. The maximum Gasteiger partial charge on any atom is 0.238 e. The standard InChI is InChI=1S/C16H22BrN5O3S/c1-16(2,3)13(9-23)21-14-12(17)8-19-15(22-14)20-10-4-6-11(7-5-10)26(18,24)25/h4-8,13,23H,9H2,1-3H3,(H2,18,24,25)(H2,19,20,21,22). The minimum Gasteiger partial charge on any atom is -0.394 e. The first-order valence-corrected chi connectivity index (χ1v) is 10.1. The first-order valence-electron chi connectivity index (χ1n) is 7.80. The van der Waals surface area contributed by atoms with E-state index in [4.69, 9.17) is 5.14 Å². The van der Waals surface area contributed by atoms with Gasteiger partial charge in [0.15, 0.2) is 0 Å². The quantitative estimate of drug-likeness (QED) is 0.538. The van der Waals surface area contributed by atoms with Crippen LogP contribution in [-0.2, 0) is 10.0 Å². The number of aromatic nitrogens is 2. The van der Waals surface area contributed by atoms with Gasteiger partial charge in [-0.2, -0.15) is 4.98 Å². The van der Waals surface area contributed by atoms with Crippen LogP contribution in [0.3, 0.4) is 0 Å². The molecule has 1 atom stereocenters. The van der Waals surface area contributed by atoms with Crippen molar-refractivity contribution in [3.05, 3.63) is 34.9 Å². The summed E-state index contributed by atoms with van der Waals surface area (Å²) < 4.78 is 23.3. The molecule has 2 rings (SSSR count). The minimum atomic E-state index is -3.73. The predicted molar refractivity (Wildman–Crippen MR) is 105 cm³/mol. The largest absolute Gasteiger partial charge is 0.394 e. The molecule has 142 valence electrons. The molecule has 10 heteroatoms. The molecular formula is C16H22BrN5O3S. The van der Waals surface area contributed by atoms with Gasteiger partial charge < -0.3 is 15.7 Å². The van der Waals surface area contributed by atoms with Gasteiger partial charge in [-0.3, -0.25) is 0 Å². The van der Waals surface area contributed by atoms with Crippen molar-refractivity contribution in [2.24, 2.45) is 10.6 Å². The van der Waals surface area contributed by atoms with Crippen LogP contribution in [0.2, 0.25) is 0 Å². The Balaban J connectivity index is 2.21. The van der Waals surface area contributed by atoms with E-state index in [9.17, 15) is 13.5 Å². The third kappa shape index (κ3) is 5.37. The average Bonchev–Trinajstić information content (AvgIpc) is 2.53. The molecule has 26 heavy (non-hydrogen) atoms. The molecule has 0 fully saturated rings. The molecule has 0 amide bonds. The van der Waals surface area contributed by atoms with Crippen molar-refractivity contribution in [2.45, 2.75) is 31.7 Å². The summed E-state index contributed by atoms with van der Waals surface area (Å²) in [5, 5.41) is 20.9. The third-order valence-electron chi connectivity index (χ3n) is 3.72. The molecule has 0 saturated heterocycles. The van der Waals surface area contributed by atoms with Crippen LogP contribution in [-0.4, -0.2) is 36.1 Å². The number of aliphatic hydroxyl groups is 1. The zero-order chi connectivity index (χ0) is 19.5. The zero-order valence-electron chi connectivity index (χ0n) is 14.7. The van der Waals surface area contributed by atoms with Crippen molar-refractivity contribution < 1.29 is 13.5 Å². The Hall–Kier alpha value is -1.75. The lowest BCUT2D eigenvalue weighted by molar-refractivity contribution is 0.201. The van der Waals surface area contributed by atoms with Crippen molar-refractivity contribution in [3.63, 3.8) is 0 Å². The summed E-state index contributed by atoms with van der Waals surface area (Å²) in [4.78, 5) is 8.62.